The van der Waals surface area contributed by atoms with Gasteiger partial charge in [-0.1, -0.05) is 19.9 Å². The van der Waals surface area contributed by atoms with Gasteiger partial charge in [0, 0.05) is 6.07 Å². The smallest absolute Gasteiger partial charge is 0.343 e. The van der Waals surface area contributed by atoms with Gasteiger partial charge in [0.25, 0.3) is 0 Å². The third kappa shape index (κ3) is 4.27. The van der Waals surface area contributed by atoms with Crippen LogP contribution >= 0.6 is 15.9 Å². The minimum atomic E-state index is -4.08. The van der Waals surface area contributed by atoms with E-state index in [2.05, 4.69) is 29.8 Å². The number of rotatable bonds is 6. The third-order valence-electron chi connectivity index (χ3n) is 3.78. The molecule has 0 bridgehead atoms. The summed E-state index contributed by atoms with van der Waals surface area (Å²) >= 11 is 3.31. The Morgan fingerprint density at radius 3 is 2.16 bits per heavy atom. The standard InChI is InChI=1S/C18H21BrO5S/c1-11(2)14-7-6-13(8-12(14)3)24-25(20,21)18-10-16(22-4)15(19)9-17(18)23-5/h6-11H,1-5H3. The van der Waals surface area contributed by atoms with E-state index in [0.29, 0.717) is 16.1 Å². The predicted molar refractivity (Wildman–Crippen MR) is 100 cm³/mol. The van der Waals surface area contributed by atoms with Crippen molar-refractivity contribution in [2.45, 2.75) is 31.6 Å². The Labute approximate surface area is 157 Å². The molecule has 7 heteroatoms. The molecule has 0 radical (unpaired) electrons. The lowest BCUT2D eigenvalue weighted by Gasteiger charge is -2.15. The first kappa shape index (κ1) is 19.6. The topological polar surface area (TPSA) is 61.8 Å². The molecule has 0 aromatic heterocycles. The van der Waals surface area contributed by atoms with Crippen LogP contribution < -0.4 is 13.7 Å². The van der Waals surface area contributed by atoms with Crippen molar-refractivity contribution < 1.29 is 22.1 Å². The van der Waals surface area contributed by atoms with Crippen LogP contribution in [0.5, 0.6) is 17.2 Å². The number of hydrogen-bond donors (Lipinski definition) is 0. The Morgan fingerprint density at radius 2 is 1.64 bits per heavy atom. The molecule has 25 heavy (non-hydrogen) atoms. The van der Waals surface area contributed by atoms with Crippen LogP contribution in [0.1, 0.15) is 30.9 Å². The number of methoxy groups -OCH3 is 2. The number of halogens is 1. The summed E-state index contributed by atoms with van der Waals surface area (Å²) in [7, 11) is -1.23. The van der Waals surface area contributed by atoms with Crippen LogP contribution in [0.4, 0.5) is 0 Å². The first-order valence-electron chi connectivity index (χ1n) is 7.66. The van der Waals surface area contributed by atoms with Gasteiger partial charge in [-0.05, 0) is 58.1 Å². The van der Waals surface area contributed by atoms with E-state index in [9.17, 15) is 8.42 Å². The van der Waals surface area contributed by atoms with Gasteiger partial charge in [-0.25, -0.2) is 0 Å². The molecular formula is C18H21BrO5S. The van der Waals surface area contributed by atoms with Crippen LogP contribution in [0, 0.1) is 6.92 Å². The normalized spacial score (nSPS) is 11.5. The van der Waals surface area contributed by atoms with Crippen LogP contribution in [-0.4, -0.2) is 22.6 Å². The maximum atomic E-state index is 12.7. The quantitative estimate of drug-likeness (QED) is 0.625. The zero-order chi connectivity index (χ0) is 18.8. The fourth-order valence-corrected chi connectivity index (χ4v) is 4.12. The van der Waals surface area contributed by atoms with Crippen molar-refractivity contribution in [2.24, 2.45) is 0 Å². The molecule has 0 heterocycles. The Kier molecular flexibility index (Phi) is 6.00. The van der Waals surface area contributed by atoms with Crippen molar-refractivity contribution in [1.82, 2.24) is 0 Å². The minimum absolute atomic E-state index is 0.0966. The van der Waals surface area contributed by atoms with E-state index in [4.69, 9.17) is 13.7 Å². The summed E-state index contributed by atoms with van der Waals surface area (Å²) in [5.74, 6) is 1.14. The zero-order valence-corrected chi connectivity index (χ0v) is 17.2. The molecule has 0 saturated carbocycles. The van der Waals surface area contributed by atoms with Crippen molar-refractivity contribution in [3.8, 4) is 17.2 Å². The fourth-order valence-electron chi connectivity index (χ4n) is 2.55. The summed E-state index contributed by atoms with van der Waals surface area (Å²) in [6.07, 6.45) is 0. The molecule has 2 rings (SSSR count). The van der Waals surface area contributed by atoms with Crippen molar-refractivity contribution >= 4 is 26.0 Å². The van der Waals surface area contributed by atoms with Gasteiger partial charge in [-0.2, -0.15) is 8.42 Å². The van der Waals surface area contributed by atoms with Gasteiger partial charge in [-0.3, -0.25) is 0 Å². The van der Waals surface area contributed by atoms with E-state index in [1.807, 2.05) is 13.0 Å². The number of aryl methyl sites for hydroxylation is 1. The van der Waals surface area contributed by atoms with E-state index < -0.39 is 10.1 Å². The lowest BCUT2D eigenvalue weighted by atomic mass is 9.98. The van der Waals surface area contributed by atoms with E-state index in [1.165, 1.54) is 26.4 Å². The molecule has 0 atom stereocenters. The van der Waals surface area contributed by atoms with Gasteiger partial charge in [0.05, 0.1) is 18.7 Å². The average molecular weight is 429 g/mol. The molecule has 0 aliphatic rings. The highest BCUT2D eigenvalue weighted by molar-refractivity contribution is 9.10. The van der Waals surface area contributed by atoms with Crippen molar-refractivity contribution in [2.75, 3.05) is 14.2 Å². The first-order valence-corrected chi connectivity index (χ1v) is 9.86. The average Bonchev–Trinajstić information content (AvgIpc) is 2.53. The summed E-state index contributed by atoms with van der Waals surface area (Å²) in [5.41, 5.74) is 2.12. The molecule has 0 saturated heterocycles. The molecule has 5 nitrogen and oxygen atoms in total. The van der Waals surface area contributed by atoms with Gasteiger partial charge in [0.2, 0.25) is 0 Å². The zero-order valence-electron chi connectivity index (χ0n) is 14.8. The Bertz CT molecular complexity index is 875. The van der Waals surface area contributed by atoms with Crippen LogP contribution in [0.25, 0.3) is 0 Å². The van der Waals surface area contributed by atoms with Gasteiger partial charge in [-0.15, -0.1) is 0 Å². The first-order chi connectivity index (χ1) is 11.7. The largest absolute Gasteiger partial charge is 0.496 e. The second-order valence-corrected chi connectivity index (χ2v) is 8.22. The molecule has 2 aromatic carbocycles. The molecule has 0 amide bonds. The molecule has 2 aromatic rings. The predicted octanol–water partition coefficient (Wildman–Crippen LogP) is 4.67. The van der Waals surface area contributed by atoms with Crippen LogP contribution in [-0.2, 0) is 10.1 Å². The number of hydrogen-bond acceptors (Lipinski definition) is 5. The highest BCUT2D eigenvalue weighted by Crippen LogP contribution is 2.36. The molecule has 136 valence electrons. The second kappa shape index (κ2) is 7.66. The summed E-state index contributed by atoms with van der Waals surface area (Å²) in [6, 6.07) is 8.15. The molecule has 0 aliphatic heterocycles. The minimum Gasteiger partial charge on any atom is -0.496 e. The van der Waals surface area contributed by atoms with E-state index in [0.717, 1.165) is 11.1 Å². The van der Waals surface area contributed by atoms with Crippen molar-refractivity contribution in [3.63, 3.8) is 0 Å². The second-order valence-electron chi connectivity index (χ2n) is 5.85. The van der Waals surface area contributed by atoms with Gasteiger partial charge < -0.3 is 13.7 Å². The lowest BCUT2D eigenvalue weighted by molar-refractivity contribution is 0.386. The van der Waals surface area contributed by atoms with Crippen LogP contribution in [0.15, 0.2) is 39.7 Å². The number of benzene rings is 2. The van der Waals surface area contributed by atoms with Crippen molar-refractivity contribution in [1.29, 1.82) is 0 Å². The molecule has 0 N–H and O–H groups in total. The van der Waals surface area contributed by atoms with E-state index in [-0.39, 0.29) is 16.4 Å². The summed E-state index contributed by atoms with van der Waals surface area (Å²) < 4.78 is 41.7. The Morgan fingerprint density at radius 1 is 1.00 bits per heavy atom. The third-order valence-corrected chi connectivity index (χ3v) is 5.67. The maximum absolute atomic E-state index is 12.7. The molecule has 0 aliphatic carbocycles. The van der Waals surface area contributed by atoms with Gasteiger partial charge in [0.15, 0.2) is 4.90 Å². The Hall–Kier alpha value is -1.73. The van der Waals surface area contributed by atoms with E-state index >= 15 is 0 Å². The van der Waals surface area contributed by atoms with Crippen molar-refractivity contribution in [3.05, 3.63) is 45.9 Å². The Balaban J connectivity index is 2.44. The van der Waals surface area contributed by atoms with Crippen LogP contribution in [0.3, 0.4) is 0 Å². The monoisotopic (exact) mass is 428 g/mol. The van der Waals surface area contributed by atoms with Crippen LogP contribution in [0.2, 0.25) is 0 Å². The molecule has 0 spiro atoms. The highest BCUT2D eigenvalue weighted by atomic mass is 79.9. The van der Waals surface area contributed by atoms with Gasteiger partial charge >= 0.3 is 10.1 Å². The van der Waals surface area contributed by atoms with Gasteiger partial charge in [0.1, 0.15) is 17.2 Å². The highest BCUT2D eigenvalue weighted by Gasteiger charge is 2.24. The summed E-state index contributed by atoms with van der Waals surface area (Å²) in [5, 5.41) is 0. The molecule has 0 fully saturated rings. The fraction of sp³-hybridized carbons (Fsp3) is 0.333. The summed E-state index contributed by atoms with van der Waals surface area (Å²) in [4.78, 5) is -0.0966. The lowest BCUT2D eigenvalue weighted by Crippen LogP contribution is -2.12. The number of ether oxygens (including phenoxy) is 2. The SMILES string of the molecule is COc1cc(S(=O)(=O)Oc2ccc(C(C)C)c(C)c2)c(OC)cc1Br. The summed E-state index contributed by atoms with van der Waals surface area (Å²) in [6.45, 7) is 6.09. The molecular weight excluding hydrogens is 408 g/mol. The van der Waals surface area contributed by atoms with E-state index in [1.54, 1.807) is 12.1 Å². The maximum Gasteiger partial charge on any atom is 0.343 e. The molecule has 0 unspecified atom stereocenters.